The van der Waals surface area contributed by atoms with Gasteiger partial charge in [0.25, 0.3) is 11.8 Å². The van der Waals surface area contributed by atoms with Crippen molar-refractivity contribution in [3.05, 3.63) is 53.2 Å². The van der Waals surface area contributed by atoms with Gasteiger partial charge in [0.15, 0.2) is 5.65 Å². The largest absolute Gasteiger partial charge is 0.497 e. The van der Waals surface area contributed by atoms with Gasteiger partial charge in [-0.05, 0) is 37.1 Å². The van der Waals surface area contributed by atoms with E-state index in [4.69, 9.17) is 4.74 Å². The zero-order valence-corrected chi connectivity index (χ0v) is 17.2. The standard InChI is InChI=1S/C22H20N6O4/c1-32-16-4-2-3-12(8-16)21(30)26-17-10-18(24-15-5-6-15)28-20(25-17)14(11-23-28)7-13-9-19(29)27-22(13)31/h2-4,7-8,10-11,15,24H,5-6,9H2,1H3,(H,25,26,30)(H,27,29,31)/b13-7+. The second kappa shape index (κ2) is 7.80. The summed E-state index contributed by atoms with van der Waals surface area (Å²) in [5, 5.41) is 12.9. The van der Waals surface area contributed by atoms with Gasteiger partial charge in [0.2, 0.25) is 5.91 Å². The summed E-state index contributed by atoms with van der Waals surface area (Å²) in [4.78, 5) is 40.8. The third-order valence-electron chi connectivity index (χ3n) is 5.23. The molecule has 5 rings (SSSR count). The van der Waals surface area contributed by atoms with Crippen molar-refractivity contribution in [3.63, 3.8) is 0 Å². The number of imide groups is 1. The summed E-state index contributed by atoms with van der Waals surface area (Å²) in [7, 11) is 1.54. The molecule has 2 aromatic heterocycles. The predicted octanol–water partition coefficient (Wildman–Crippen LogP) is 1.99. The normalized spacial score (nSPS) is 17.0. The van der Waals surface area contributed by atoms with Gasteiger partial charge in [0.1, 0.15) is 17.4 Å². The molecule has 10 nitrogen and oxygen atoms in total. The van der Waals surface area contributed by atoms with Crippen LogP contribution in [0.3, 0.4) is 0 Å². The average Bonchev–Trinajstić information content (AvgIpc) is 3.42. The molecule has 0 bridgehead atoms. The summed E-state index contributed by atoms with van der Waals surface area (Å²) in [6, 6.07) is 8.88. The SMILES string of the molecule is COc1cccc(C(=O)Nc2cc(NC3CC3)n3ncc(/C=C4\CC(=O)NC4=O)c3n2)c1. The van der Waals surface area contributed by atoms with Gasteiger partial charge in [0, 0.05) is 28.8 Å². The van der Waals surface area contributed by atoms with E-state index >= 15 is 0 Å². The number of anilines is 2. The van der Waals surface area contributed by atoms with E-state index in [1.807, 2.05) is 0 Å². The Balaban J connectivity index is 1.52. The van der Waals surface area contributed by atoms with Crippen LogP contribution in [-0.2, 0) is 9.59 Å². The van der Waals surface area contributed by atoms with E-state index in [1.165, 1.54) is 7.11 Å². The van der Waals surface area contributed by atoms with Gasteiger partial charge in [-0.25, -0.2) is 4.98 Å². The molecule has 2 aliphatic rings. The molecule has 10 heteroatoms. The number of ether oxygens (including phenoxy) is 1. The van der Waals surface area contributed by atoms with Gasteiger partial charge in [-0.3, -0.25) is 19.7 Å². The molecule has 3 amide bonds. The Morgan fingerprint density at radius 1 is 1.28 bits per heavy atom. The summed E-state index contributed by atoms with van der Waals surface area (Å²) >= 11 is 0. The maximum atomic E-state index is 12.8. The number of carbonyl (C=O) groups is 3. The highest BCUT2D eigenvalue weighted by atomic mass is 16.5. The van der Waals surface area contributed by atoms with Gasteiger partial charge in [0.05, 0.1) is 19.7 Å². The molecule has 3 heterocycles. The average molecular weight is 432 g/mol. The number of fused-ring (bicyclic) bond motifs is 1. The number of amides is 3. The van der Waals surface area contributed by atoms with Crippen molar-refractivity contribution in [2.45, 2.75) is 25.3 Å². The Morgan fingerprint density at radius 3 is 2.84 bits per heavy atom. The van der Waals surface area contributed by atoms with Crippen molar-refractivity contribution in [2.24, 2.45) is 0 Å². The fourth-order valence-corrected chi connectivity index (χ4v) is 3.45. The fourth-order valence-electron chi connectivity index (χ4n) is 3.45. The van der Waals surface area contributed by atoms with Crippen LogP contribution in [0, 0.1) is 0 Å². The number of nitrogens with zero attached hydrogens (tertiary/aromatic N) is 3. The molecule has 0 spiro atoms. The molecular formula is C22H20N6O4. The van der Waals surface area contributed by atoms with Gasteiger partial charge < -0.3 is 15.4 Å². The second-order valence-electron chi connectivity index (χ2n) is 7.69. The van der Waals surface area contributed by atoms with Crippen molar-refractivity contribution in [2.75, 3.05) is 17.7 Å². The predicted molar refractivity (Wildman–Crippen MR) is 116 cm³/mol. The minimum absolute atomic E-state index is 0.00954. The molecule has 1 aliphatic heterocycles. The number of benzene rings is 1. The zero-order chi connectivity index (χ0) is 22.2. The lowest BCUT2D eigenvalue weighted by Gasteiger charge is -2.11. The van der Waals surface area contributed by atoms with Gasteiger partial charge in [-0.2, -0.15) is 9.61 Å². The number of carbonyl (C=O) groups excluding carboxylic acids is 3. The van der Waals surface area contributed by atoms with Crippen LogP contribution in [0.2, 0.25) is 0 Å². The first-order valence-electron chi connectivity index (χ1n) is 10.2. The second-order valence-corrected chi connectivity index (χ2v) is 7.69. The number of methoxy groups -OCH3 is 1. The lowest BCUT2D eigenvalue weighted by molar-refractivity contribution is -0.124. The highest BCUT2D eigenvalue weighted by Gasteiger charge is 2.26. The maximum Gasteiger partial charge on any atom is 0.256 e. The molecule has 1 aromatic carbocycles. The van der Waals surface area contributed by atoms with E-state index in [9.17, 15) is 14.4 Å². The third-order valence-corrected chi connectivity index (χ3v) is 5.23. The molecule has 32 heavy (non-hydrogen) atoms. The summed E-state index contributed by atoms with van der Waals surface area (Å²) in [5.74, 6) is 0.487. The molecule has 1 saturated carbocycles. The number of aromatic nitrogens is 3. The number of hydrogen-bond acceptors (Lipinski definition) is 7. The highest BCUT2D eigenvalue weighted by molar-refractivity contribution is 6.15. The Morgan fingerprint density at radius 2 is 2.12 bits per heavy atom. The summed E-state index contributed by atoms with van der Waals surface area (Å²) in [6.45, 7) is 0. The maximum absolute atomic E-state index is 12.8. The molecule has 162 valence electrons. The van der Waals surface area contributed by atoms with E-state index in [1.54, 1.807) is 47.1 Å². The minimum Gasteiger partial charge on any atom is -0.497 e. The van der Waals surface area contributed by atoms with E-state index in [-0.39, 0.29) is 18.2 Å². The van der Waals surface area contributed by atoms with Gasteiger partial charge in [-0.1, -0.05) is 6.07 Å². The van der Waals surface area contributed by atoms with Gasteiger partial charge >= 0.3 is 0 Å². The molecule has 0 unspecified atom stereocenters. The first-order valence-corrected chi connectivity index (χ1v) is 10.2. The first kappa shape index (κ1) is 19.7. The van der Waals surface area contributed by atoms with E-state index in [2.05, 4.69) is 26.0 Å². The Hall–Kier alpha value is -4.21. The van der Waals surface area contributed by atoms with E-state index in [0.29, 0.717) is 45.8 Å². The minimum atomic E-state index is -0.423. The van der Waals surface area contributed by atoms with E-state index in [0.717, 1.165) is 12.8 Å². The first-order chi connectivity index (χ1) is 15.5. The van der Waals surface area contributed by atoms with Crippen LogP contribution in [0.5, 0.6) is 5.75 Å². The number of hydrogen-bond donors (Lipinski definition) is 3. The molecule has 3 aromatic rings. The van der Waals surface area contributed by atoms with Crippen LogP contribution >= 0.6 is 0 Å². The van der Waals surface area contributed by atoms with Crippen LogP contribution in [0.15, 0.2) is 42.1 Å². The van der Waals surface area contributed by atoms with Crippen LogP contribution in [0.4, 0.5) is 11.6 Å². The number of rotatable bonds is 6. The summed E-state index contributed by atoms with van der Waals surface area (Å²) in [5.41, 5.74) is 1.80. The van der Waals surface area contributed by atoms with Crippen LogP contribution in [-0.4, -0.2) is 45.5 Å². The zero-order valence-electron chi connectivity index (χ0n) is 17.2. The molecular weight excluding hydrogens is 412 g/mol. The molecule has 0 atom stereocenters. The Labute approximate surface area is 182 Å². The van der Waals surface area contributed by atoms with Crippen molar-refractivity contribution in [1.29, 1.82) is 0 Å². The lowest BCUT2D eigenvalue weighted by atomic mass is 10.1. The van der Waals surface area contributed by atoms with Crippen molar-refractivity contribution < 1.29 is 19.1 Å². The molecule has 1 saturated heterocycles. The Bertz CT molecular complexity index is 1290. The topological polar surface area (TPSA) is 127 Å². The van der Waals surface area contributed by atoms with Gasteiger partial charge in [-0.15, -0.1) is 0 Å². The van der Waals surface area contributed by atoms with Crippen molar-refractivity contribution in [1.82, 2.24) is 19.9 Å². The summed E-state index contributed by atoms with van der Waals surface area (Å²) < 4.78 is 6.81. The molecule has 3 N–H and O–H groups in total. The molecule has 1 aliphatic carbocycles. The third kappa shape index (κ3) is 3.89. The van der Waals surface area contributed by atoms with Crippen LogP contribution in [0.1, 0.15) is 35.2 Å². The number of nitrogens with one attached hydrogen (secondary N) is 3. The molecule has 2 fully saturated rings. The fraction of sp³-hybridized carbons (Fsp3) is 0.227. The van der Waals surface area contributed by atoms with Crippen molar-refractivity contribution >= 4 is 41.1 Å². The van der Waals surface area contributed by atoms with Crippen LogP contribution in [0.25, 0.3) is 11.7 Å². The quantitative estimate of drug-likeness (QED) is 0.402. The van der Waals surface area contributed by atoms with Crippen molar-refractivity contribution in [3.8, 4) is 5.75 Å². The van der Waals surface area contributed by atoms with Crippen LogP contribution < -0.4 is 20.7 Å². The Kier molecular flexibility index (Phi) is 4.81. The highest BCUT2D eigenvalue weighted by Crippen LogP contribution is 2.28. The molecule has 0 radical (unpaired) electrons. The summed E-state index contributed by atoms with van der Waals surface area (Å²) in [6.07, 6.45) is 5.29. The lowest BCUT2D eigenvalue weighted by Crippen LogP contribution is -2.19. The monoisotopic (exact) mass is 432 g/mol. The van der Waals surface area contributed by atoms with E-state index < -0.39 is 5.91 Å². The smallest absolute Gasteiger partial charge is 0.256 e.